The molecular formula is C26H29N3O3. The van der Waals surface area contributed by atoms with Crippen LogP contribution in [-0.2, 0) is 23.3 Å². The first-order valence-corrected chi connectivity index (χ1v) is 10.6. The lowest BCUT2D eigenvalue weighted by Gasteiger charge is -2.19. The predicted octanol–water partition coefficient (Wildman–Crippen LogP) is 3.24. The number of nitrogens with zero attached hydrogens (tertiary/aromatic N) is 1. The van der Waals surface area contributed by atoms with Crippen molar-refractivity contribution < 1.29 is 9.59 Å². The van der Waals surface area contributed by atoms with Crippen molar-refractivity contribution in [2.24, 2.45) is 0 Å². The average Bonchev–Trinajstić information content (AvgIpc) is 2.78. The Labute approximate surface area is 188 Å². The summed E-state index contributed by atoms with van der Waals surface area (Å²) in [4.78, 5) is 36.2. The first-order valence-electron chi connectivity index (χ1n) is 10.6. The van der Waals surface area contributed by atoms with Gasteiger partial charge in [-0.3, -0.25) is 14.4 Å². The molecule has 1 aromatic heterocycles. The van der Waals surface area contributed by atoms with Crippen LogP contribution >= 0.6 is 0 Å². The number of benzene rings is 2. The molecule has 6 heteroatoms. The highest BCUT2D eigenvalue weighted by molar-refractivity contribution is 5.96. The molecule has 6 nitrogen and oxygen atoms in total. The van der Waals surface area contributed by atoms with Gasteiger partial charge in [0.05, 0.1) is 13.1 Å². The van der Waals surface area contributed by atoms with Crippen molar-refractivity contribution in [1.82, 2.24) is 15.2 Å². The third kappa shape index (κ3) is 6.41. The van der Waals surface area contributed by atoms with E-state index in [1.165, 1.54) is 6.07 Å². The normalized spacial score (nSPS) is 11.1. The molecule has 1 heterocycles. The lowest BCUT2D eigenvalue weighted by Crippen LogP contribution is -2.36. The molecule has 0 spiro atoms. The van der Waals surface area contributed by atoms with Gasteiger partial charge < -0.3 is 15.2 Å². The van der Waals surface area contributed by atoms with Crippen LogP contribution in [0, 0.1) is 0 Å². The zero-order valence-corrected chi connectivity index (χ0v) is 18.7. The minimum Gasteiger partial charge on any atom is -0.350 e. The summed E-state index contributed by atoms with van der Waals surface area (Å²) in [5.41, 5.74) is 3.58. The zero-order valence-electron chi connectivity index (χ0n) is 18.7. The Balaban J connectivity index is 1.45. The second-order valence-electron chi connectivity index (χ2n) is 8.77. The van der Waals surface area contributed by atoms with E-state index >= 15 is 0 Å². The van der Waals surface area contributed by atoms with E-state index in [1.807, 2.05) is 42.5 Å². The summed E-state index contributed by atoms with van der Waals surface area (Å²) in [7, 11) is 0. The number of carbonyl (C=O) groups is 2. The fourth-order valence-electron chi connectivity index (χ4n) is 3.20. The third-order valence-corrected chi connectivity index (χ3v) is 5.19. The molecule has 0 radical (unpaired) electrons. The number of hydrogen-bond donors (Lipinski definition) is 2. The highest BCUT2D eigenvalue weighted by Gasteiger charge is 2.14. The molecule has 166 valence electrons. The van der Waals surface area contributed by atoms with Crippen LogP contribution in [-0.4, -0.2) is 22.9 Å². The van der Waals surface area contributed by atoms with Gasteiger partial charge in [-0.25, -0.2) is 0 Å². The summed E-state index contributed by atoms with van der Waals surface area (Å²) in [6, 6.07) is 20.2. The van der Waals surface area contributed by atoms with Crippen molar-refractivity contribution in [2.45, 2.75) is 39.3 Å². The van der Waals surface area contributed by atoms with Crippen LogP contribution in [0.3, 0.4) is 0 Å². The molecule has 2 N–H and O–H groups in total. The van der Waals surface area contributed by atoms with E-state index in [4.69, 9.17) is 0 Å². The van der Waals surface area contributed by atoms with Crippen LogP contribution in [0.5, 0.6) is 0 Å². The number of hydrogen-bond acceptors (Lipinski definition) is 3. The van der Waals surface area contributed by atoms with Gasteiger partial charge in [0.2, 0.25) is 5.91 Å². The van der Waals surface area contributed by atoms with Crippen molar-refractivity contribution in [3.8, 4) is 0 Å². The molecule has 0 saturated carbocycles. The molecule has 0 aliphatic heterocycles. The van der Waals surface area contributed by atoms with E-state index in [-0.39, 0.29) is 29.3 Å². The first kappa shape index (κ1) is 23.0. The zero-order chi connectivity index (χ0) is 23.1. The van der Waals surface area contributed by atoms with Crippen molar-refractivity contribution in [3.05, 3.63) is 106 Å². The Morgan fingerprint density at radius 3 is 2.12 bits per heavy atom. The molecular weight excluding hydrogens is 402 g/mol. The van der Waals surface area contributed by atoms with E-state index in [9.17, 15) is 14.4 Å². The molecule has 2 aromatic carbocycles. The van der Waals surface area contributed by atoms with Gasteiger partial charge in [0.25, 0.3) is 11.5 Å². The number of aromatic nitrogens is 1. The van der Waals surface area contributed by atoms with Gasteiger partial charge in [0, 0.05) is 24.4 Å². The second kappa shape index (κ2) is 10.1. The molecule has 0 saturated heterocycles. The number of amides is 2. The molecule has 0 atom stereocenters. The quantitative estimate of drug-likeness (QED) is 0.603. The largest absolute Gasteiger partial charge is 0.350 e. The lowest BCUT2D eigenvalue weighted by atomic mass is 9.87. The topological polar surface area (TPSA) is 80.2 Å². The average molecular weight is 432 g/mol. The summed E-state index contributed by atoms with van der Waals surface area (Å²) in [6.45, 7) is 7.12. The Hall–Kier alpha value is -3.67. The molecule has 0 aliphatic rings. The van der Waals surface area contributed by atoms with Gasteiger partial charge in [0.15, 0.2) is 0 Å². The minimum absolute atomic E-state index is 0.0203. The molecule has 0 aliphatic carbocycles. The molecule has 3 rings (SSSR count). The van der Waals surface area contributed by atoms with Gasteiger partial charge in [-0.05, 0) is 40.3 Å². The maximum absolute atomic E-state index is 12.3. The molecule has 32 heavy (non-hydrogen) atoms. The summed E-state index contributed by atoms with van der Waals surface area (Å²) < 4.78 is 1.64. The van der Waals surface area contributed by atoms with Crippen molar-refractivity contribution in [1.29, 1.82) is 0 Å². The van der Waals surface area contributed by atoms with Gasteiger partial charge in [-0.2, -0.15) is 0 Å². The minimum atomic E-state index is -0.277. The van der Waals surface area contributed by atoms with Gasteiger partial charge in [-0.15, -0.1) is 0 Å². The number of carbonyl (C=O) groups excluding carboxylic acids is 2. The number of pyridine rings is 1. The summed E-state index contributed by atoms with van der Waals surface area (Å²) in [6.07, 6.45) is 1.75. The van der Waals surface area contributed by atoms with Crippen molar-refractivity contribution >= 4 is 11.8 Å². The van der Waals surface area contributed by atoms with E-state index < -0.39 is 0 Å². The van der Waals surface area contributed by atoms with Crippen LogP contribution in [0.4, 0.5) is 0 Å². The summed E-state index contributed by atoms with van der Waals surface area (Å²) in [5, 5.41) is 5.46. The van der Waals surface area contributed by atoms with E-state index in [1.54, 1.807) is 29.0 Å². The molecule has 3 aromatic rings. The first-order chi connectivity index (χ1) is 15.2. The monoisotopic (exact) mass is 431 g/mol. The molecule has 0 fully saturated rings. The molecule has 0 unspecified atom stereocenters. The maximum Gasteiger partial charge on any atom is 0.251 e. The van der Waals surface area contributed by atoms with Crippen molar-refractivity contribution in [2.75, 3.05) is 6.54 Å². The number of nitrogens with one attached hydrogen (secondary N) is 2. The maximum atomic E-state index is 12.3. The SMILES string of the molecule is CC(C)(C)c1ccc(C(=O)NCC(=O)NCc2ccc(Cn3ccccc3=O)cc2)cc1. The fraction of sp³-hybridized carbons (Fsp3) is 0.269. The standard InChI is InChI=1S/C26H29N3O3/c1-26(2,3)22-13-11-21(12-14-22)25(32)28-17-23(30)27-16-19-7-9-20(10-8-19)18-29-15-5-4-6-24(29)31/h4-15H,16-18H2,1-3H3,(H,27,30)(H,28,32). The fourth-order valence-corrected chi connectivity index (χ4v) is 3.20. The van der Waals surface area contributed by atoms with Crippen LogP contribution in [0.15, 0.2) is 77.7 Å². The van der Waals surface area contributed by atoms with Crippen molar-refractivity contribution in [3.63, 3.8) is 0 Å². The van der Waals surface area contributed by atoms with Crippen LogP contribution in [0.25, 0.3) is 0 Å². The van der Waals surface area contributed by atoms with Crippen LogP contribution in [0.2, 0.25) is 0 Å². The van der Waals surface area contributed by atoms with Gasteiger partial charge >= 0.3 is 0 Å². The summed E-state index contributed by atoms with van der Waals surface area (Å²) >= 11 is 0. The number of rotatable bonds is 7. The van der Waals surface area contributed by atoms with Gasteiger partial charge in [-0.1, -0.05) is 63.2 Å². The summed E-state index contributed by atoms with van der Waals surface area (Å²) in [5.74, 6) is -0.536. The highest BCUT2D eigenvalue weighted by Crippen LogP contribution is 2.22. The highest BCUT2D eigenvalue weighted by atomic mass is 16.2. The lowest BCUT2D eigenvalue weighted by molar-refractivity contribution is -0.120. The smallest absolute Gasteiger partial charge is 0.251 e. The molecule has 2 amide bonds. The molecule has 0 bridgehead atoms. The second-order valence-corrected chi connectivity index (χ2v) is 8.77. The van der Waals surface area contributed by atoms with E-state index in [2.05, 4.69) is 31.4 Å². The Morgan fingerprint density at radius 1 is 0.844 bits per heavy atom. The Morgan fingerprint density at radius 2 is 1.50 bits per heavy atom. The Kier molecular flexibility index (Phi) is 7.25. The third-order valence-electron chi connectivity index (χ3n) is 5.19. The van der Waals surface area contributed by atoms with Crippen LogP contribution < -0.4 is 16.2 Å². The van der Waals surface area contributed by atoms with Crippen LogP contribution in [0.1, 0.15) is 47.8 Å². The Bertz CT molecular complexity index is 1120. The van der Waals surface area contributed by atoms with Gasteiger partial charge in [0.1, 0.15) is 0 Å². The van der Waals surface area contributed by atoms with E-state index in [0.29, 0.717) is 18.7 Å². The predicted molar refractivity (Wildman–Crippen MR) is 126 cm³/mol. The van der Waals surface area contributed by atoms with E-state index in [0.717, 1.165) is 16.7 Å².